The first kappa shape index (κ1) is 16.8. The number of ether oxygens (including phenoxy) is 1. The van der Waals surface area contributed by atoms with Crippen molar-refractivity contribution in [1.29, 1.82) is 0 Å². The maximum atomic E-state index is 12.2. The fraction of sp³-hybridized carbons (Fsp3) is 0.533. The highest BCUT2D eigenvalue weighted by Crippen LogP contribution is 2.18. The number of amides is 1. The van der Waals surface area contributed by atoms with Crippen LogP contribution in [0.25, 0.3) is 0 Å². The molecule has 0 unspecified atom stereocenters. The van der Waals surface area contributed by atoms with Gasteiger partial charge in [-0.1, -0.05) is 25.1 Å². The largest absolute Gasteiger partial charge is 0.483 e. The van der Waals surface area contributed by atoms with E-state index in [-0.39, 0.29) is 31.0 Å². The number of rotatable bonds is 4. The molecule has 0 radical (unpaired) electrons. The molecule has 1 aromatic carbocycles. The van der Waals surface area contributed by atoms with Gasteiger partial charge in [-0.25, -0.2) is 0 Å². The van der Waals surface area contributed by atoms with Gasteiger partial charge >= 0.3 is 0 Å². The zero-order valence-corrected chi connectivity index (χ0v) is 12.9. The Morgan fingerprint density at radius 1 is 1.45 bits per heavy atom. The Balaban J connectivity index is 0.00000200. The van der Waals surface area contributed by atoms with E-state index in [1.54, 1.807) is 0 Å². The number of nitrogens with zero attached hydrogens (tertiary/aromatic N) is 1. The summed E-state index contributed by atoms with van der Waals surface area (Å²) in [5, 5.41) is 3.28. The zero-order chi connectivity index (χ0) is 13.7. The van der Waals surface area contributed by atoms with Gasteiger partial charge in [-0.2, -0.15) is 0 Å². The number of para-hydroxylation sites is 1. The van der Waals surface area contributed by atoms with Gasteiger partial charge in [0.05, 0.1) is 0 Å². The Hall–Kier alpha value is -1.26. The molecule has 1 aliphatic rings. The maximum Gasteiger partial charge on any atom is 0.260 e. The third-order valence-electron chi connectivity index (χ3n) is 3.53. The molecule has 0 aliphatic carbocycles. The highest BCUT2D eigenvalue weighted by Gasteiger charge is 2.23. The molecule has 0 saturated carbocycles. The Labute approximate surface area is 126 Å². The van der Waals surface area contributed by atoms with Gasteiger partial charge in [0.1, 0.15) is 5.75 Å². The van der Waals surface area contributed by atoms with Crippen molar-refractivity contribution < 1.29 is 9.53 Å². The molecular formula is C15H23ClN2O2. The summed E-state index contributed by atoms with van der Waals surface area (Å²) in [6.07, 6.45) is 0.911. The molecule has 20 heavy (non-hydrogen) atoms. The molecule has 5 heteroatoms. The van der Waals surface area contributed by atoms with E-state index in [1.165, 1.54) is 0 Å². The second kappa shape index (κ2) is 8.12. The lowest BCUT2D eigenvalue weighted by atomic mass is 10.1. The topological polar surface area (TPSA) is 41.6 Å². The summed E-state index contributed by atoms with van der Waals surface area (Å²) >= 11 is 0. The van der Waals surface area contributed by atoms with E-state index >= 15 is 0 Å². The minimum Gasteiger partial charge on any atom is -0.483 e. The van der Waals surface area contributed by atoms with Gasteiger partial charge in [0, 0.05) is 25.7 Å². The summed E-state index contributed by atoms with van der Waals surface area (Å²) in [6, 6.07) is 8.13. The van der Waals surface area contributed by atoms with E-state index in [1.807, 2.05) is 29.2 Å². The summed E-state index contributed by atoms with van der Waals surface area (Å²) < 4.78 is 5.68. The molecule has 1 saturated heterocycles. The average Bonchev–Trinajstić information content (AvgIpc) is 2.45. The molecule has 112 valence electrons. The first-order valence-electron chi connectivity index (χ1n) is 6.93. The van der Waals surface area contributed by atoms with E-state index in [0.717, 1.165) is 37.4 Å². The van der Waals surface area contributed by atoms with Gasteiger partial charge in [0.2, 0.25) is 0 Å². The van der Waals surface area contributed by atoms with E-state index in [2.05, 4.69) is 19.2 Å². The van der Waals surface area contributed by atoms with Crippen LogP contribution in [0.3, 0.4) is 0 Å². The van der Waals surface area contributed by atoms with Gasteiger partial charge < -0.3 is 15.0 Å². The number of nitrogens with one attached hydrogen (secondary N) is 1. The third kappa shape index (κ3) is 4.12. The fourth-order valence-electron chi connectivity index (χ4n) is 2.37. The summed E-state index contributed by atoms with van der Waals surface area (Å²) in [7, 11) is 0. The van der Waals surface area contributed by atoms with Crippen molar-refractivity contribution in [3.63, 3.8) is 0 Å². The predicted molar refractivity (Wildman–Crippen MR) is 82.6 cm³/mol. The molecule has 1 fully saturated rings. The summed E-state index contributed by atoms with van der Waals surface area (Å²) in [6.45, 7) is 6.76. The van der Waals surface area contributed by atoms with Crippen LogP contribution in [0, 0.1) is 0 Å². The number of carbonyl (C=O) groups is 1. The molecule has 0 bridgehead atoms. The molecule has 1 amide bonds. The number of hydrogen-bond donors (Lipinski definition) is 1. The van der Waals surface area contributed by atoms with E-state index in [9.17, 15) is 4.79 Å². The standard InChI is InChI=1S/C15H22N2O2.ClH/c1-3-13-6-4-5-7-14(13)19-11-15(18)17-9-8-16-10-12(17)2;/h4-7,12,16H,3,8-11H2,1-2H3;1H/t12-;/m1./s1. The number of benzene rings is 1. The van der Waals surface area contributed by atoms with Crippen molar-refractivity contribution in [2.45, 2.75) is 26.3 Å². The molecular weight excluding hydrogens is 276 g/mol. The first-order valence-corrected chi connectivity index (χ1v) is 6.93. The Kier molecular flexibility index (Phi) is 6.82. The molecule has 4 nitrogen and oxygen atoms in total. The highest BCUT2D eigenvalue weighted by atomic mass is 35.5. The van der Waals surface area contributed by atoms with Crippen molar-refractivity contribution in [3.8, 4) is 5.75 Å². The van der Waals surface area contributed by atoms with Crippen LogP contribution in [0.4, 0.5) is 0 Å². The van der Waals surface area contributed by atoms with Crippen LogP contribution in [0.1, 0.15) is 19.4 Å². The number of hydrogen-bond acceptors (Lipinski definition) is 3. The molecule has 1 heterocycles. The summed E-state index contributed by atoms with van der Waals surface area (Å²) in [4.78, 5) is 14.0. The minimum absolute atomic E-state index is 0. The lowest BCUT2D eigenvalue weighted by Gasteiger charge is -2.33. The van der Waals surface area contributed by atoms with Crippen LogP contribution in [0.5, 0.6) is 5.75 Å². The molecule has 2 rings (SSSR count). The molecule has 0 aromatic heterocycles. The second-order valence-electron chi connectivity index (χ2n) is 4.89. The Morgan fingerprint density at radius 2 is 2.20 bits per heavy atom. The molecule has 0 spiro atoms. The molecule has 1 N–H and O–H groups in total. The monoisotopic (exact) mass is 298 g/mol. The maximum absolute atomic E-state index is 12.2. The molecule has 1 atom stereocenters. The normalized spacial score (nSPS) is 18.3. The summed E-state index contributed by atoms with van der Waals surface area (Å²) in [5.74, 6) is 0.890. The first-order chi connectivity index (χ1) is 9.22. The van der Waals surface area contributed by atoms with Gasteiger partial charge in [0.15, 0.2) is 6.61 Å². The van der Waals surface area contributed by atoms with Crippen LogP contribution in [-0.2, 0) is 11.2 Å². The van der Waals surface area contributed by atoms with Gasteiger partial charge in [-0.3, -0.25) is 4.79 Å². The Bertz CT molecular complexity index is 440. The fourth-order valence-corrected chi connectivity index (χ4v) is 2.37. The van der Waals surface area contributed by atoms with Crippen molar-refractivity contribution >= 4 is 18.3 Å². The lowest BCUT2D eigenvalue weighted by molar-refractivity contribution is -0.136. The average molecular weight is 299 g/mol. The van der Waals surface area contributed by atoms with Gasteiger partial charge in [0.25, 0.3) is 5.91 Å². The number of aryl methyl sites for hydroxylation is 1. The Morgan fingerprint density at radius 3 is 2.90 bits per heavy atom. The van der Waals surface area contributed by atoms with Crippen LogP contribution in [0.2, 0.25) is 0 Å². The lowest BCUT2D eigenvalue weighted by Crippen LogP contribution is -2.53. The molecule has 1 aromatic rings. The second-order valence-corrected chi connectivity index (χ2v) is 4.89. The van der Waals surface area contributed by atoms with Crippen molar-refractivity contribution in [2.24, 2.45) is 0 Å². The third-order valence-corrected chi connectivity index (χ3v) is 3.53. The smallest absolute Gasteiger partial charge is 0.260 e. The van der Waals surface area contributed by atoms with Gasteiger partial charge in [-0.15, -0.1) is 12.4 Å². The number of carbonyl (C=O) groups excluding carboxylic acids is 1. The van der Waals surface area contributed by atoms with E-state index in [4.69, 9.17) is 4.74 Å². The zero-order valence-electron chi connectivity index (χ0n) is 12.1. The summed E-state index contributed by atoms with van der Waals surface area (Å²) in [5.41, 5.74) is 1.14. The molecule has 1 aliphatic heterocycles. The minimum atomic E-state index is 0. The van der Waals surface area contributed by atoms with E-state index in [0.29, 0.717) is 0 Å². The quantitative estimate of drug-likeness (QED) is 0.923. The van der Waals surface area contributed by atoms with Crippen LogP contribution in [-0.4, -0.2) is 43.1 Å². The van der Waals surface area contributed by atoms with E-state index < -0.39 is 0 Å². The van der Waals surface area contributed by atoms with Crippen LogP contribution in [0.15, 0.2) is 24.3 Å². The van der Waals surface area contributed by atoms with Crippen molar-refractivity contribution in [1.82, 2.24) is 10.2 Å². The SMILES string of the molecule is CCc1ccccc1OCC(=O)N1CCNC[C@H]1C.Cl. The highest BCUT2D eigenvalue weighted by molar-refractivity contribution is 5.85. The number of piperazine rings is 1. The van der Waals surface area contributed by atoms with Crippen LogP contribution >= 0.6 is 12.4 Å². The van der Waals surface area contributed by atoms with Crippen molar-refractivity contribution in [3.05, 3.63) is 29.8 Å². The van der Waals surface area contributed by atoms with Gasteiger partial charge in [-0.05, 0) is 25.0 Å². The van der Waals surface area contributed by atoms with Crippen molar-refractivity contribution in [2.75, 3.05) is 26.2 Å². The number of halogens is 1. The predicted octanol–water partition coefficient (Wildman–Crippen LogP) is 1.87. The van der Waals surface area contributed by atoms with Crippen LogP contribution < -0.4 is 10.1 Å².